The standard InChI is InChI=1S/C13H17NO4/c1-2-18-13-8-9(3-6-11(13)14(16)17)7-12(15)10-4-5-10/h3,6,8,10,12,15H,2,4-5,7H2,1H3. The lowest BCUT2D eigenvalue weighted by atomic mass is 10.0. The number of nitro benzene ring substituents is 1. The first-order valence-electron chi connectivity index (χ1n) is 6.20. The van der Waals surface area contributed by atoms with Crippen LogP contribution in [0.4, 0.5) is 5.69 Å². The zero-order valence-corrected chi connectivity index (χ0v) is 10.3. The molecular formula is C13H17NO4. The fraction of sp³-hybridized carbons (Fsp3) is 0.538. The number of rotatable bonds is 6. The molecule has 0 bridgehead atoms. The molecule has 1 aromatic rings. The number of nitrogens with zero attached hydrogens (tertiary/aromatic N) is 1. The van der Waals surface area contributed by atoms with E-state index in [1.54, 1.807) is 19.1 Å². The summed E-state index contributed by atoms with van der Waals surface area (Å²) in [6.45, 7) is 2.17. The molecule has 1 unspecified atom stereocenters. The first-order valence-corrected chi connectivity index (χ1v) is 6.20. The molecule has 1 aliphatic carbocycles. The molecule has 18 heavy (non-hydrogen) atoms. The Bertz CT molecular complexity index is 443. The number of aliphatic hydroxyl groups is 1. The highest BCUT2D eigenvalue weighted by molar-refractivity contribution is 5.48. The molecule has 0 amide bonds. The van der Waals surface area contributed by atoms with Gasteiger partial charge in [-0.2, -0.15) is 0 Å². The molecule has 0 aliphatic heterocycles. The third-order valence-corrected chi connectivity index (χ3v) is 3.13. The summed E-state index contributed by atoms with van der Waals surface area (Å²) in [5.41, 5.74) is 0.852. The van der Waals surface area contributed by atoms with Crippen molar-refractivity contribution in [2.24, 2.45) is 5.92 Å². The van der Waals surface area contributed by atoms with Gasteiger partial charge in [-0.3, -0.25) is 10.1 Å². The van der Waals surface area contributed by atoms with Gasteiger partial charge in [-0.15, -0.1) is 0 Å². The minimum absolute atomic E-state index is 0.0264. The Hall–Kier alpha value is -1.62. The van der Waals surface area contributed by atoms with E-state index in [9.17, 15) is 15.2 Å². The molecular weight excluding hydrogens is 234 g/mol. The van der Waals surface area contributed by atoms with Crippen LogP contribution in [0.2, 0.25) is 0 Å². The Balaban J connectivity index is 2.16. The van der Waals surface area contributed by atoms with Crippen molar-refractivity contribution in [3.63, 3.8) is 0 Å². The van der Waals surface area contributed by atoms with Gasteiger partial charge in [0.1, 0.15) is 0 Å². The highest BCUT2D eigenvalue weighted by Gasteiger charge is 2.30. The zero-order chi connectivity index (χ0) is 13.1. The maximum absolute atomic E-state index is 10.8. The fourth-order valence-electron chi connectivity index (χ4n) is 2.00. The van der Waals surface area contributed by atoms with Gasteiger partial charge in [-0.05, 0) is 43.7 Å². The van der Waals surface area contributed by atoms with Gasteiger partial charge in [0.25, 0.3) is 0 Å². The zero-order valence-electron chi connectivity index (χ0n) is 10.3. The minimum atomic E-state index is -0.452. The molecule has 2 rings (SSSR count). The molecule has 0 spiro atoms. The number of nitro groups is 1. The van der Waals surface area contributed by atoms with Crippen LogP contribution >= 0.6 is 0 Å². The summed E-state index contributed by atoms with van der Waals surface area (Å²) in [6.07, 6.45) is 2.34. The molecule has 1 N–H and O–H groups in total. The summed E-state index contributed by atoms with van der Waals surface area (Å²) in [7, 11) is 0. The van der Waals surface area contributed by atoms with Crippen LogP contribution in [0, 0.1) is 16.0 Å². The van der Waals surface area contributed by atoms with Crippen molar-refractivity contribution in [3.8, 4) is 5.75 Å². The van der Waals surface area contributed by atoms with Crippen LogP contribution < -0.4 is 4.74 Å². The molecule has 0 radical (unpaired) electrons. The third kappa shape index (κ3) is 2.98. The van der Waals surface area contributed by atoms with Gasteiger partial charge < -0.3 is 9.84 Å². The van der Waals surface area contributed by atoms with E-state index < -0.39 is 4.92 Å². The Morgan fingerprint density at radius 3 is 2.83 bits per heavy atom. The van der Waals surface area contributed by atoms with Gasteiger partial charge in [0.15, 0.2) is 5.75 Å². The van der Waals surface area contributed by atoms with Crippen LogP contribution in [0.25, 0.3) is 0 Å². The van der Waals surface area contributed by atoms with E-state index in [1.165, 1.54) is 6.07 Å². The SMILES string of the molecule is CCOc1cc(CC(O)C2CC2)ccc1[N+](=O)[O-]. The lowest BCUT2D eigenvalue weighted by Crippen LogP contribution is -2.12. The minimum Gasteiger partial charge on any atom is -0.487 e. The second-order valence-corrected chi connectivity index (χ2v) is 4.60. The molecule has 98 valence electrons. The Morgan fingerprint density at radius 2 is 2.28 bits per heavy atom. The topological polar surface area (TPSA) is 72.6 Å². The fourth-order valence-corrected chi connectivity index (χ4v) is 2.00. The average molecular weight is 251 g/mol. The molecule has 5 nitrogen and oxygen atoms in total. The monoisotopic (exact) mass is 251 g/mol. The molecule has 1 aliphatic rings. The first-order chi connectivity index (χ1) is 8.61. The molecule has 5 heteroatoms. The second-order valence-electron chi connectivity index (χ2n) is 4.60. The molecule has 1 atom stereocenters. The summed E-state index contributed by atoms with van der Waals surface area (Å²) < 4.78 is 5.27. The Labute approximate surface area is 106 Å². The summed E-state index contributed by atoms with van der Waals surface area (Å²) in [6, 6.07) is 4.79. The normalized spacial score (nSPS) is 16.3. The predicted octanol–water partition coefficient (Wildman–Crippen LogP) is 2.31. The second kappa shape index (κ2) is 5.35. The van der Waals surface area contributed by atoms with E-state index >= 15 is 0 Å². The Kier molecular flexibility index (Phi) is 3.81. The van der Waals surface area contributed by atoms with Crippen LogP contribution in [-0.4, -0.2) is 22.7 Å². The van der Waals surface area contributed by atoms with Crippen LogP contribution in [0.3, 0.4) is 0 Å². The molecule has 0 heterocycles. The van der Waals surface area contributed by atoms with Gasteiger partial charge in [-0.25, -0.2) is 0 Å². The van der Waals surface area contributed by atoms with Crippen molar-refractivity contribution in [1.29, 1.82) is 0 Å². The third-order valence-electron chi connectivity index (χ3n) is 3.13. The van der Waals surface area contributed by atoms with E-state index in [0.29, 0.717) is 18.9 Å². The average Bonchev–Trinajstić information content (AvgIpc) is 3.13. The van der Waals surface area contributed by atoms with Crippen molar-refractivity contribution in [1.82, 2.24) is 0 Å². The van der Waals surface area contributed by atoms with E-state index in [0.717, 1.165) is 18.4 Å². The highest BCUT2D eigenvalue weighted by Crippen LogP contribution is 2.35. The van der Waals surface area contributed by atoms with Gasteiger partial charge in [0.2, 0.25) is 0 Å². The van der Waals surface area contributed by atoms with Crippen LogP contribution in [0.15, 0.2) is 18.2 Å². The van der Waals surface area contributed by atoms with Gasteiger partial charge in [0.05, 0.1) is 17.6 Å². The maximum Gasteiger partial charge on any atom is 0.310 e. The smallest absolute Gasteiger partial charge is 0.310 e. The number of hydrogen-bond donors (Lipinski definition) is 1. The van der Waals surface area contributed by atoms with E-state index in [4.69, 9.17) is 4.74 Å². The van der Waals surface area contributed by atoms with Crippen LogP contribution in [0.5, 0.6) is 5.75 Å². The maximum atomic E-state index is 10.8. The van der Waals surface area contributed by atoms with Crippen molar-refractivity contribution >= 4 is 5.69 Å². The van der Waals surface area contributed by atoms with Crippen molar-refractivity contribution in [2.45, 2.75) is 32.3 Å². The summed E-state index contributed by atoms with van der Waals surface area (Å²) in [4.78, 5) is 10.4. The van der Waals surface area contributed by atoms with Crippen molar-refractivity contribution < 1.29 is 14.8 Å². The summed E-state index contributed by atoms with van der Waals surface area (Å²) >= 11 is 0. The summed E-state index contributed by atoms with van der Waals surface area (Å²) in [5.74, 6) is 0.679. The molecule has 0 aromatic heterocycles. The number of hydrogen-bond acceptors (Lipinski definition) is 4. The highest BCUT2D eigenvalue weighted by atomic mass is 16.6. The molecule has 0 saturated heterocycles. The van der Waals surface area contributed by atoms with E-state index in [-0.39, 0.29) is 17.5 Å². The quantitative estimate of drug-likeness (QED) is 0.622. The Morgan fingerprint density at radius 1 is 1.56 bits per heavy atom. The van der Waals surface area contributed by atoms with Crippen molar-refractivity contribution in [3.05, 3.63) is 33.9 Å². The summed E-state index contributed by atoms with van der Waals surface area (Å²) in [5, 5.41) is 20.7. The van der Waals surface area contributed by atoms with Gasteiger partial charge in [-0.1, -0.05) is 6.07 Å². The van der Waals surface area contributed by atoms with Gasteiger partial charge in [0, 0.05) is 6.07 Å². The number of aliphatic hydroxyl groups excluding tert-OH is 1. The lowest BCUT2D eigenvalue weighted by molar-refractivity contribution is -0.385. The van der Waals surface area contributed by atoms with E-state index in [2.05, 4.69) is 0 Å². The predicted molar refractivity (Wildman–Crippen MR) is 66.7 cm³/mol. The number of ether oxygens (including phenoxy) is 1. The molecule has 1 saturated carbocycles. The molecule has 1 aromatic carbocycles. The van der Waals surface area contributed by atoms with Crippen LogP contribution in [0.1, 0.15) is 25.3 Å². The number of benzene rings is 1. The largest absolute Gasteiger partial charge is 0.487 e. The molecule has 1 fully saturated rings. The first kappa shape index (κ1) is 12.8. The van der Waals surface area contributed by atoms with Crippen molar-refractivity contribution in [2.75, 3.05) is 6.61 Å². The van der Waals surface area contributed by atoms with E-state index in [1.807, 2.05) is 0 Å². The van der Waals surface area contributed by atoms with Gasteiger partial charge >= 0.3 is 5.69 Å². The van der Waals surface area contributed by atoms with Crippen LogP contribution in [-0.2, 0) is 6.42 Å². The lowest BCUT2D eigenvalue weighted by Gasteiger charge is -2.11.